The molecular weight excluding hydrogens is 176 g/mol. The van der Waals surface area contributed by atoms with E-state index in [-0.39, 0.29) is 0 Å². The molecule has 1 aromatic carbocycles. The van der Waals surface area contributed by atoms with Gasteiger partial charge in [0.2, 0.25) is 0 Å². The molecule has 0 amide bonds. The molecule has 74 valence electrons. The van der Waals surface area contributed by atoms with Crippen molar-refractivity contribution in [2.24, 2.45) is 0 Å². The van der Waals surface area contributed by atoms with Crippen molar-refractivity contribution >= 4 is 5.97 Å². The highest BCUT2D eigenvalue weighted by Gasteiger charge is 2.02. The van der Waals surface area contributed by atoms with Crippen LogP contribution in [-0.4, -0.2) is 11.1 Å². The van der Waals surface area contributed by atoms with Crippen LogP contribution in [0, 0.1) is 0 Å². The maximum atomic E-state index is 10.4. The Balaban J connectivity index is 2.29. The van der Waals surface area contributed by atoms with Gasteiger partial charge in [-0.2, -0.15) is 0 Å². The number of carboxylic acids is 1. The van der Waals surface area contributed by atoms with E-state index in [4.69, 9.17) is 5.11 Å². The Morgan fingerprint density at radius 1 is 1.29 bits per heavy atom. The van der Waals surface area contributed by atoms with Crippen molar-refractivity contribution in [1.29, 1.82) is 0 Å². The third-order valence-corrected chi connectivity index (χ3v) is 2.09. The van der Waals surface area contributed by atoms with Crippen LogP contribution in [0.1, 0.15) is 18.4 Å². The molecule has 2 nitrogen and oxygen atoms in total. The average molecular weight is 190 g/mol. The first kappa shape index (κ1) is 10.5. The van der Waals surface area contributed by atoms with Crippen LogP contribution in [0.5, 0.6) is 0 Å². The highest BCUT2D eigenvalue weighted by molar-refractivity contribution is 5.85. The molecule has 0 aliphatic rings. The molecule has 1 rings (SSSR count). The van der Waals surface area contributed by atoms with Gasteiger partial charge in [0.05, 0.1) is 0 Å². The topological polar surface area (TPSA) is 37.3 Å². The number of benzene rings is 1. The van der Waals surface area contributed by atoms with Crippen molar-refractivity contribution in [3.8, 4) is 0 Å². The summed E-state index contributed by atoms with van der Waals surface area (Å²) in [6.07, 6.45) is 2.31. The fourth-order valence-electron chi connectivity index (χ4n) is 1.26. The first-order chi connectivity index (χ1) is 6.70. The van der Waals surface area contributed by atoms with Gasteiger partial charge in [-0.05, 0) is 24.8 Å². The maximum Gasteiger partial charge on any atom is 0.330 e. The first-order valence-electron chi connectivity index (χ1n) is 4.65. The lowest BCUT2D eigenvalue weighted by atomic mass is 10.1. The second-order valence-electron chi connectivity index (χ2n) is 3.25. The summed E-state index contributed by atoms with van der Waals surface area (Å²) in [5, 5.41) is 8.58. The van der Waals surface area contributed by atoms with E-state index in [1.54, 1.807) is 0 Å². The Kier molecular flexibility index (Phi) is 3.92. The predicted octanol–water partition coefficient (Wildman–Crippen LogP) is 2.65. The van der Waals surface area contributed by atoms with Crippen LogP contribution in [0.25, 0.3) is 0 Å². The largest absolute Gasteiger partial charge is 0.478 e. The molecule has 0 spiro atoms. The van der Waals surface area contributed by atoms with Gasteiger partial charge in [-0.1, -0.05) is 36.9 Å². The summed E-state index contributed by atoms with van der Waals surface area (Å²) >= 11 is 0. The Bertz CT molecular complexity index is 314. The molecule has 1 N–H and O–H groups in total. The number of hydrogen-bond acceptors (Lipinski definition) is 1. The summed E-state index contributed by atoms with van der Waals surface area (Å²) in [6, 6.07) is 10.0. The van der Waals surface area contributed by atoms with Gasteiger partial charge in [0, 0.05) is 5.57 Å². The zero-order valence-electron chi connectivity index (χ0n) is 8.07. The number of rotatable bonds is 5. The van der Waals surface area contributed by atoms with Crippen LogP contribution in [0.15, 0.2) is 42.5 Å². The number of carbonyl (C=O) groups is 1. The molecule has 0 unspecified atom stereocenters. The van der Waals surface area contributed by atoms with Crippen molar-refractivity contribution < 1.29 is 9.90 Å². The minimum atomic E-state index is -0.891. The second kappa shape index (κ2) is 5.22. The minimum Gasteiger partial charge on any atom is -0.478 e. The standard InChI is InChI=1S/C12H14O2/c1-10(12(13)14)6-5-9-11-7-3-2-4-8-11/h2-4,7-8H,1,5-6,9H2,(H,13,14). The van der Waals surface area contributed by atoms with Gasteiger partial charge < -0.3 is 5.11 Å². The van der Waals surface area contributed by atoms with Gasteiger partial charge in [0.1, 0.15) is 0 Å². The number of aryl methyl sites for hydroxylation is 1. The Morgan fingerprint density at radius 2 is 1.93 bits per heavy atom. The molecule has 1 aromatic rings. The van der Waals surface area contributed by atoms with Crippen molar-refractivity contribution in [3.05, 3.63) is 48.0 Å². The lowest BCUT2D eigenvalue weighted by Gasteiger charge is -2.01. The van der Waals surface area contributed by atoms with Gasteiger partial charge in [0.25, 0.3) is 0 Å². The van der Waals surface area contributed by atoms with E-state index in [2.05, 4.69) is 6.58 Å². The van der Waals surface area contributed by atoms with Crippen LogP contribution in [0.2, 0.25) is 0 Å². The van der Waals surface area contributed by atoms with E-state index < -0.39 is 5.97 Å². The smallest absolute Gasteiger partial charge is 0.330 e. The molecule has 0 atom stereocenters. The first-order valence-corrected chi connectivity index (χ1v) is 4.65. The summed E-state index contributed by atoms with van der Waals surface area (Å²) in [4.78, 5) is 10.4. The number of hydrogen-bond donors (Lipinski definition) is 1. The average Bonchev–Trinajstić information content (AvgIpc) is 2.19. The van der Waals surface area contributed by atoms with E-state index >= 15 is 0 Å². The highest BCUT2D eigenvalue weighted by Crippen LogP contribution is 2.08. The van der Waals surface area contributed by atoms with Crippen LogP contribution >= 0.6 is 0 Å². The number of aliphatic carboxylic acids is 1. The van der Waals surface area contributed by atoms with Gasteiger partial charge in [-0.3, -0.25) is 0 Å². The molecule has 0 saturated heterocycles. The van der Waals surface area contributed by atoms with Crippen molar-refractivity contribution in [2.45, 2.75) is 19.3 Å². The van der Waals surface area contributed by atoms with Crippen LogP contribution in [0.3, 0.4) is 0 Å². The van der Waals surface area contributed by atoms with E-state index in [1.807, 2.05) is 30.3 Å². The molecule has 2 heteroatoms. The van der Waals surface area contributed by atoms with Gasteiger partial charge in [-0.15, -0.1) is 0 Å². The molecule has 0 aliphatic heterocycles. The molecule has 0 radical (unpaired) electrons. The molecule has 0 saturated carbocycles. The zero-order valence-corrected chi connectivity index (χ0v) is 8.07. The Labute approximate surface area is 83.9 Å². The van der Waals surface area contributed by atoms with Crippen molar-refractivity contribution in [1.82, 2.24) is 0 Å². The maximum absolute atomic E-state index is 10.4. The zero-order chi connectivity index (χ0) is 10.4. The van der Waals surface area contributed by atoms with Crippen molar-refractivity contribution in [3.63, 3.8) is 0 Å². The lowest BCUT2D eigenvalue weighted by molar-refractivity contribution is -0.132. The van der Waals surface area contributed by atoms with Gasteiger partial charge in [-0.25, -0.2) is 4.79 Å². The van der Waals surface area contributed by atoms with Gasteiger partial charge in [0.15, 0.2) is 0 Å². The van der Waals surface area contributed by atoms with Crippen molar-refractivity contribution in [2.75, 3.05) is 0 Å². The summed E-state index contributed by atoms with van der Waals surface area (Å²) in [6.45, 7) is 3.49. The van der Waals surface area contributed by atoms with E-state index in [9.17, 15) is 4.79 Å². The molecular formula is C12H14O2. The molecule has 0 aromatic heterocycles. The quantitative estimate of drug-likeness (QED) is 0.725. The normalized spacial score (nSPS) is 9.71. The summed E-state index contributed by atoms with van der Waals surface area (Å²) in [7, 11) is 0. The highest BCUT2D eigenvalue weighted by atomic mass is 16.4. The Morgan fingerprint density at radius 3 is 2.50 bits per heavy atom. The monoisotopic (exact) mass is 190 g/mol. The molecule has 0 fully saturated rings. The fraction of sp³-hybridized carbons (Fsp3) is 0.250. The summed E-state index contributed by atoms with van der Waals surface area (Å²) in [5.41, 5.74) is 1.53. The van der Waals surface area contributed by atoms with Gasteiger partial charge >= 0.3 is 5.97 Å². The second-order valence-corrected chi connectivity index (χ2v) is 3.25. The van der Waals surface area contributed by atoms with Crippen LogP contribution in [-0.2, 0) is 11.2 Å². The molecule has 0 bridgehead atoms. The number of carboxylic acid groups (broad SMARTS) is 1. The third kappa shape index (κ3) is 3.44. The predicted molar refractivity (Wildman–Crippen MR) is 56.2 cm³/mol. The Hall–Kier alpha value is -1.57. The summed E-state index contributed by atoms with van der Waals surface area (Å²) < 4.78 is 0. The van der Waals surface area contributed by atoms with Crippen LogP contribution in [0.4, 0.5) is 0 Å². The summed E-state index contributed by atoms with van der Waals surface area (Å²) in [5.74, 6) is -0.891. The minimum absolute atomic E-state index is 0.293. The van der Waals surface area contributed by atoms with E-state index in [0.717, 1.165) is 12.8 Å². The van der Waals surface area contributed by atoms with E-state index in [1.165, 1.54) is 5.56 Å². The van der Waals surface area contributed by atoms with Crippen LogP contribution < -0.4 is 0 Å². The SMILES string of the molecule is C=C(CCCc1ccccc1)C(=O)O. The third-order valence-electron chi connectivity index (χ3n) is 2.09. The molecule has 0 aliphatic carbocycles. The lowest BCUT2D eigenvalue weighted by Crippen LogP contribution is -1.99. The molecule has 0 heterocycles. The van der Waals surface area contributed by atoms with E-state index in [0.29, 0.717) is 12.0 Å². The molecule has 14 heavy (non-hydrogen) atoms. The fourth-order valence-corrected chi connectivity index (χ4v) is 1.26.